The maximum absolute atomic E-state index is 13.9. The molecule has 2 fully saturated rings. The molecule has 1 aromatic carbocycles. The maximum atomic E-state index is 13.9. The number of hydrogen-bond donors (Lipinski definition) is 2. The van der Waals surface area contributed by atoms with Crippen LogP contribution in [0.3, 0.4) is 0 Å². The first-order chi connectivity index (χ1) is 18.7. The first kappa shape index (κ1) is 27.5. The molecule has 5 rings (SSSR count). The molecule has 0 unspecified atom stereocenters. The van der Waals surface area contributed by atoms with Crippen LogP contribution in [0.4, 0.5) is 17.3 Å². The molecule has 2 saturated heterocycles. The van der Waals surface area contributed by atoms with E-state index in [0.717, 1.165) is 68.9 Å². The number of anilines is 3. The Morgan fingerprint density at radius 2 is 1.95 bits per heavy atom. The predicted octanol–water partition coefficient (Wildman–Crippen LogP) is 3.78. The fourth-order valence-corrected chi connectivity index (χ4v) is 5.87. The summed E-state index contributed by atoms with van der Waals surface area (Å²) in [6.45, 7) is 6.22. The normalized spacial score (nSPS) is 18.4. The van der Waals surface area contributed by atoms with Crippen LogP contribution in [0.2, 0.25) is 5.02 Å². The molecule has 39 heavy (non-hydrogen) atoms. The number of fused-ring (bicyclic) bond motifs is 1. The van der Waals surface area contributed by atoms with Crippen LogP contribution in [0.5, 0.6) is 0 Å². The van der Waals surface area contributed by atoms with Crippen LogP contribution in [0.1, 0.15) is 54.7 Å². The lowest BCUT2D eigenvalue weighted by Crippen LogP contribution is -2.39. The Morgan fingerprint density at radius 3 is 2.69 bits per heavy atom. The average Bonchev–Trinajstić information content (AvgIpc) is 3.36. The number of likely N-dealkylation sites (tertiary alicyclic amines) is 1. The highest BCUT2D eigenvalue weighted by Crippen LogP contribution is 2.35. The number of amides is 1. The van der Waals surface area contributed by atoms with Crippen molar-refractivity contribution in [3.63, 3.8) is 0 Å². The van der Waals surface area contributed by atoms with Gasteiger partial charge in [-0.05, 0) is 43.9 Å². The van der Waals surface area contributed by atoms with E-state index in [1.807, 2.05) is 16.6 Å². The summed E-state index contributed by atoms with van der Waals surface area (Å²) < 4.78 is 33.8. The van der Waals surface area contributed by atoms with Gasteiger partial charge in [-0.3, -0.25) is 9.52 Å². The summed E-state index contributed by atoms with van der Waals surface area (Å²) in [5.41, 5.74) is 1.86. The number of halogens is 1. The van der Waals surface area contributed by atoms with E-state index in [-0.39, 0.29) is 23.2 Å². The van der Waals surface area contributed by atoms with Crippen LogP contribution in [0.15, 0.2) is 30.3 Å². The zero-order valence-corrected chi connectivity index (χ0v) is 23.8. The number of carbonyl (C=O) groups is 1. The van der Waals surface area contributed by atoms with Gasteiger partial charge in [0, 0.05) is 43.3 Å². The number of morpholine rings is 1. The van der Waals surface area contributed by atoms with Gasteiger partial charge >= 0.3 is 0 Å². The fourth-order valence-electron chi connectivity index (χ4n) is 5.12. The lowest BCUT2D eigenvalue weighted by atomic mass is 9.98. The number of rotatable bonds is 8. The van der Waals surface area contributed by atoms with E-state index in [9.17, 15) is 13.2 Å². The van der Waals surface area contributed by atoms with Crippen molar-refractivity contribution in [3.05, 3.63) is 46.6 Å². The maximum Gasteiger partial charge on any atom is 0.256 e. The van der Waals surface area contributed by atoms with Crippen LogP contribution in [0, 0.1) is 0 Å². The lowest BCUT2D eigenvalue weighted by Gasteiger charge is -2.35. The Balaban J connectivity index is 1.53. The van der Waals surface area contributed by atoms with E-state index in [2.05, 4.69) is 21.9 Å². The minimum atomic E-state index is -3.59. The fraction of sp³-hybridized carbons (Fsp3) is 0.500. The molecule has 11 nitrogen and oxygen atoms in total. The Morgan fingerprint density at radius 1 is 1.15 bits per heavy atom. The van der Waals surface area contributed by atoms with Gasteiger partial charge in [-0.25, -0.2) is 13.4 Å². The molecule has 1 atom stereocenters. The first-order valence-corrected chi connectivity index (χ1v) is 15.6. The second-order valence-corrected chi connectivity index (χ2v) is 12.1. The van der Waals surface area contributed by atoms with Crippen LogP contribution < -0.4 is 14.9 Å². The predicted molar refractivity (Wildman–Crippen MR) is 152 cm³/mol. The van der Waals surface area contributed by atoms with Gasteiger partial charge < -0.3 is 19.9 Å². The Kier molecular flexibility index (Phi) is 8.15. The highest BCUT2D eigenvalue weighted by molar-refractivity contribution is 7.92. The van der Waals surface area contributed by atoms with Gasteiger partial charge in [0.1, 0.15) is 11.6 Å². The molecular weight excluding hydrogens is 542 g/mol. The minimum Gasteiger partial charge on any atom is -0.378 e. The number of nitrogens with one attached hydrogen (secondary N) is 2. The van der Waals surface area contributed by atoms with Gasteiger partial charge in [-0.1, -0.05) is 18.5 Å². The smallest absolute Gasteiger partial charge is 0.256 e. The van der Waals surface area contributed by atoms with Gasteiger partial charge in [-0.2, -0.15) is 9.61 Å². The van der Waals surface area contributed by atoms with Crippen LogP contribution in [-0.2, 0) is 14.8 Å². The third-order valence-electron chi connectivity index (χ3n) is 6.93. The second-order valence-electron chi connectivity index (χ2n) is 9.94. The summed E-state index contributed by atoms with van der Waals surface area (Å²) in [6.07, 6.45) is 4.55. The molecule has 4 heterocycles. The van der Waals surface area contributed by atoms with E-state index >= 15 is 0 Å². The SMILES string of the molecule is CCCNc1cc(N2CCOCC2)n2nc([C@@H]3CCCCN3C(=O)c3cc(Cl)ccc3NS(C)(=O)=O)cc2n1. The number of nitrogens with zero attached hydrogens (tertiary/aromatic N) is 5. The van der Waals surface area contributed by atoms with E-state index in [1.54, 1.807) is 11.0 Å². The van der Waals surface area contributed by atoms with Crippen molar-refractivity contribution in [1.29, 1.82) is 0 Å². The molecule has 13 heteroatoms. The molecular formula is C26H34ClN7O4S. The number of hydrogen-bond acceptors (Lipinski definition) is 8. The molecule has 0 spiro atoms. The quantitative estimate of drug-likeness (QED) is 0.416. The van der Waals surface area contributed by atoms with Crippen LogP contribution in [-0.4, -0.2) is 79.5 Å². The average molecular weight is 576 g/mol. The molecule has 0 aliphatic carbocycles. The van der Waals surface area contributed by atoms with Gasteiger partial charge in [0.25, 0.3) is 5.91 Å². The van der Waals surface area contributed by atoms with Crippen molar-refractivity contribution in [2.45, 2.75) is 38.6 Å². The molecule has 0 radical (unpaired) electrons. The van der Waals surface area contributed by atoms with E-state index in [4.69, 9.17) is 26.4 Å². The Bertz CT molecular complexity index is 1460. The third kappa shape index (κ3) is 6.23. The van der Waals surface area contributed by atoms with Crippen molar-refractivity contribution >= 4 is 50.5 Å². The molecule has 0 bridgehead atoms. The van der Waals surface area contributed by atoms with Crippen LogP contribution in [0.25, 0.3) is 5.65 Å². The molecule has 2 aliphatic heterocycles. The number of benzene rings is 1. The minimum absolute atomic E-state index is 0.203. The Hall–Kier alpha value is -3.09. The number of sulfonamides is 1. The largest absolute Gasteiger partial charge is 0.378 e. The topological polar surface area (TPSA) is 121 Å². The molecule has 2 N–H and O–H groups in total. The zero-order valence-electron chi connectivity index (χ0n) is 22.2. The monoisotopic (exact) mass is 575 g/mol. The number of piperidine rings is 1. The lowest BCUT2D eigenvalue weighted by molar-refractivity contribution is 0.0607. The number of carbonyl (C=O) groups excluding carboxylic acids is 1. The van der Waals surface area contributed by atoms with Gasteiger partial charge in [0.15, 0.2) is 5.65 Å². The summed E-state index contributed by atoms with van der Waals surface area (Å²) in [7, 11) is -3.59. The van der Waals surface area contributed by atoms with Crippen molar-refractivity contribution < 1.29 is 17.9 Å². The zero-order chi connectivity index (χ0) is 27.6. The van der Waals surface area contributed by atoms with Gasteiger partial charge in [0.05, 0.1) is 42.5 Å². The number of ether oxygens (including phenoxy) is 1. The second kappa shape index (κ2) is 11.6. The highest BCUT2D eigenvalue weighted by Gasteiger charge is 2.33. The molecule has 2 aromatic heterocycles. The first-order valence-electron chi connectivity index (χ1n) is 13.3. The van der Waals surface area contributed by atoms with Crippen molar-refractivity contribution in [3.8, 4) is 0 Å². The van der Waals surface area contributed by atoms with Crippen LogP contribution >= 0.6 is 11.6 Å². The third-order valence-corrected chi connectivity index (χ3v) is 7.76. The summed E-state index contributed by atoms with van der Waals surface area (Å²) in [5.74, 6) is 1.41. The van der Waals surface area contributed by atoms with Gasteiger partial charge in [-0.15, -0.1) is 0 Å². The standard InChI is InChI=1S/C26H34ClN7O4S/c1-3-9-28-23-17-25(32-11-13-38-14-12-32)34-24(29-23)16-21(30-34)22-6-4-5-10-33(22)26(35)19-15-18(27)7-8-20(19)31-39(2,36)37/h7-8,15-17,22,31H,3-6,9-14H2,1-2H3,(H,28,29)/t22-/m0/s1. The summed E-state index contributed by atoms with van der Waals surface area (Å²) >= 11 is 6.23. The van der Waals surface area contributed by atoms with E-state index in [0.29, 0.717) is 30.4 Å². The summed E-state index contributed by atoms with van der Waals surface area (Å²) in [6, 6.07) is 8.27. The molecule has 1 amide bonds. The van der Waals surface area contributed by atoms with Crippen molar-refractivity contribution in [2.24, 2.45) is 0 Å². The molecule has 3 aromatic rings. The number of aromatic nitrogens is 3. The summed E-state index contributed by atoms with van der Waals surface area (Å²) in [4.78, 5) is 22.7. The Labute approximate surface area is 233 Å². The molecule has 2 aliphatic rings. The van der Waals surface area contributed by atoms with E-state index < -0.39 is 10.0 Å². The molecule has 0 saturated carbocycles. The van der Waals surface area contributed by atoms with E-state index in [1.165, 1.54) is 12.1 Å². The highest BCUT2D eigenvalue weighted by atomic mass is 35.5. The van der Waals surface area contributed by atoms with Gasteiger partial charge in [0.2, 0.25) is 10.0 Å². The van der Waals surface area contributed by atoms with Crippen molar-refractivity contribution in [2.75, 3.05) is 60.6 Å². The molecule has 210 valence electrons. The van der Waals surface area contributed by atoms with Crippen molar-refractivity contribution in [1.82, 2.24) is 19.5 Å². The summed E-state index contributed by atoms with van der Waals surface area (Å²) in [5, 5.41) is 8.71.